The molecule has 1 fully saturated rings. The molecule has 6 nitrogen and oxygen atoms in total. The van der Waals surface area contributed by atoms with Gasteiger partial charge in [0, 0.05) is 13.1 Å². The van der Waals surface area contributed by atoms with Gasteiger partial charge in [-0.2, -0.15) is 13.2 Å². The number of aliphatic carboxylic acids is 1. The number of hydrogen-bond acceptors (Lipinski definition) is 3. The first kappa shape index (κ1) is 16.3. The largest absolute Gasteiger partial charge is 0.481 e. The van der Waals surface area contributed by atoms with Crippen molar-refractivity contribution >= 4 is 17.8 Å². The van der Waals surface area contributed by atoms with Crippen LogP contribution in [0.5, 0.6) is 0 Å². The monoisotopic (exact) mass is 296 g/mol. The van der Waals surface area contributed by atoms with Gasteiger partial charge in [-0.3, -0.25) is 14.4 Å². The van der Waals surface area contributed by atoms with Crippen LogP contribution in [0.25, 0.3) is 0 Å². The van der Waals surface area contributed by atoms with Crippen molar-refractivity contribution in [1.29, 1.82) is 0 Å². The lowest BCUT2D eigenvalue weighted by atomic mass is 9.98. The molecule has 1 saturated heterocycles. The quantitative estimate of drug-likeness (QED) is 0.734. The predicted molar refractivity (Wildman–Crippen MR) is 60.6 cm³/mol. The van der Waals surface area contributed by atoms with Crippen LogP contribution in [0.4, 0.5) is 13.2 Å². The summed E-state index contributed by atoms with van der Waals surface area (Å²) in [5, 5.41) is 10.5. The Morgan fingerprint density at radius 3 is 2.50 bits per heavy atom. The minimum atomic E-state index is -4.53. The molecule has 1 rings (SSSR count). The lowest BCUT2D eigenvalue weighted by Crippen LogP contribution is -2.44. The molecule has 0 unspecified atom stereocenters. The van der Waals surface area contributed by atoms with Crippen LogP contribution >= 0.6 is 0 Å². The molecule has 20 heavy (non-hydrogen) atoms. The number of carbonyl (C=O) groups is 3. The summed E-state index contributed by atoms with van der Waals surface area (Å²) in [6.07, 6.45) is -4.30. The van der Waals surface area contributed by atoms with Crippen LogP contribution in [0, 0.1) is 5.92 Å². The molecule has 2 amide bonds. The average molecular weight is 296 g/mol. The molecule has 0 spiro atoms. The molecule has 0 aromatic heterocycles. The van der Waals surface area contributed by atoms with Gasteiger partial charge < -0.3 is 15.3 Å². The van der Waals surface area contributed by atoms with Crippen molar-refractivity contribution in [3.05, 3.63) is 0 Å². The Labute approximate surface area is 112 Å². The minimum absolute atomic E-state index is 0.0132. The van der Waals surface area contributed by atoms with E-state index in [1.165, 1.54) is 4.90 Å². The summed E-state index contributed by atoms with van der Waals surface area (Å²) in [6.45, 7) is -1.19. The Hall–Kier alpha value is -1.80. The highest BCUT2D eigenvalue weighted by atomic mass is 19.4. The van der Waals surface area contributed by atoms with Crippen molar-refractivity contribution in [2.75, 3.05) is 19.6 Å². The van der Waals surface area contributed by atoms with Gasteiger partial charge in [-0.05, 0) is 12.8 Å². The predicted octanol–water partition coefficient (Wildman–Crippen LogP) is 0.378. The van der Waals surface area contributed by atoms with Gasteiger partial charge in [0.25, 0.3) is 0 Å². The fraction of sp³-hybridized carbons (Fsp3) is 0.727. The van der Waals surface area contributed by atoms with Gasteiger partial charge in [-0.15, -0.1) is 0 Å². The maximum absolute atomic E-state index is 11.9. The first-order valence-electron chi connectivity index (χ1n) is 6.03. The Morgan fingerprint density at radius 2 is 1.95 bits per heavy atom. The molecule has 2 N–H and O–H groups in total. The molecular formula is C11H15F3N2O4. The second kappa shape index (κ2) is 6.58. The van der Waals surface area contributed by atoms with Crippen molar-refractivity contribution in [3.63, 3.8) is 0 Å². The highest BCUT2D eigenvalue weighted by Crippen LogP contribution is 2.17. The van der Waals surface area contributed by atoms with Crippen molar-refractivity contribution in [3.8, 4) is 0 Å². The fourth-order valence-corrected chi connectivity index (χ4v) is 1.92. The van der Waals surface area contributed by atoms with Crippen LogP contribution in [0.15, 0.2) is 0 Å². The number of piperidine rings is 1. The summed E-state index contributed by atoms with van der Waals surface area (Å²) in [6, 6.07) is 0. The van der Waals surface area contributed by atoms with Crippen molar-refractivity contribution in [2.45, 2.75) is 25.4 Å². The number of carbonyl (C=O) groups excluding carboxylic acids is 2. The van der Waals surface area contributed by atoms with Crippen LogP contribution in [0.1, 0.15) is 19.3 Å². The topological polar surface area (TPSA) is 86.7 Å². The van der Waals surface area contributed by atoms with Crippen LogP contribution in [-0.4, -0.2) is 53.6 Å². The lowest BCUT2D eigenvalue weighted by Gasteiger charge is -2.30. The lowest BCUT2D eigenvalue weighted by molar-refractivity contribution is -0.147. The molecule has 0 bridgehead atoms. The van der Waals surface area contributed by atoms with Crippen LogP contribution < -0.4 is 5.32 Å². The molecule has 0 aromatic rings. The summed E-state index contributed by atoms with van der Waals surface area (Å²) in [5.74, 6) is -3.39. The number of hydrogen-bond donors (Lipinski definition) is 2. The summed E-state index contributed by atoms with van der Waals surface area (Å²) < 4.78 is 35.6. The molecule has 114 valence electrons. The van der Waals surface area contributed by atoms with E-state index in [9.17, 15) is 27.6 Å². The van der Waals surface area contributed by atoms with Gasteiger partial charge in [0.15, 0.2) is 0 Å². The molecule has 1 aliphatic heterocycles. The molecule has 0 saturated carbocycles. The Bertz CT molecular complexity index is 398. The average Bonchev–Trinajstić information content (AvgIpc) is 2.35. The van der Waals surface area contributed by atoms with Crippen molar-refractivity contribution in [2.24, 2.45) is 5.92 Å². The third kappa shape index (κ3) is 5.45. The number of alkyl halides is 3. The Morgan fingerprint density at radius 1 is 1.30 bits per heavy atom. The van der Waals surface area contributed by atoms with Gasteiger partial charge in [-0.1, -0.05) is 0 Å². The fourth-order valence-electron chi connectivity index (χ4n) is 1.92. The van der Waals surface area contributed by atoms with Gasteiger partial charge in [0.2, 0.25) is 11.8 Å². The number of nitrogens with zero attached hydrogens (tertiary/aromatic N) is 1. The molecule has 0 aromatic carbocycles. The first-order chi connectivity index (χ1) is 9.19. The highest BCUT2D eigenvalue weighted by molar-refractivity contribution is 5.97. The third-order valence-corrected chi connectivity index (χ3v) is 2.92. The van der Waals surface area contributed by atoms with Gasteiger partial charge in [-0.25, -0.2) is 0 Å². The number of rotatable bonds is 4. The number of carboxylic acids is 1. The van der Waals surface area contributed by atoms with Crippen LogP contribution in [0.3, 0.4) is 0 Å². The third-order valence-electron chi connectivity index (χ3n) is 2.92. The van der Waals surface area contributed by atoms with Crippen molar-refractivity contribution in [1.82, 2.24) is 10.2 Å². The normalized spacial score (nSPS) is 19.6. The van der Waals surface area contributed by atoms with Crippen LogP contribution in [-0.2, 0) is 14.4 Å². The molecular weight excluding hydrogens is 281 g/mol. The number of nitrogens with one attached hydrogen (secondary N) is 1. The van der Waals surface area contributed by atoms with E-state index in [1.807, 2.05) is 0 Å². The number of carboxylic acid groups (broad SMARTS) is 1. The molecule has 9 heteroatoms. The van der Waals surface area contributed by atoms with Gasteiger partial charge in [0.05, 0.1) is 5.92 Å². The molecule has 1 aliphatic rings. The zero-order valence-corrected chi connectivity index (χ0v) is 10.6. The summed E-state index contributed by atoms with van der Waals surface area (Å²) in [7, 11) is 0. The Balaban J connectivity index is 2.42. The van der Waals surface area contributed by atoms with E-state index in [2.05, 4.69) is 0 Å². The zero-order valence-electron chi connectivity index (χ0n) is 10.6. The smallest absolute Gasteiger partial charge is 0.405 e. The minimum Gasteiger partial charge on any atom is -0.481 e. The maximum Gasteiger partial charge on any atom is 0.405 e. The summed E-state index contributed by atoms with van der Waals surface area (Å²) in [5.41, 5.74) is 0. The van der Waals surface area contributed by atoms with Gasteiger partial charge >= 0.3 is 12.1 Å². The molecule has 1 atom stereocenters. The van der Waals surface area contributed by atoms with Crippen molar-refractivity contribution < 1.29 is 32.7 Å². The second-order valence-electron chi connectivity index (χ2n) is 4.59. The summed E-state index contributed by atoms with van der Waals surface area (Å²) >= 11 is 0. The first-order valence-corrected chi connectivity index (χ1v) is 6.03. The number of amides is 2. The van der Waals surface area contributed by atoms with Gasteiger partial charge in [0.1, 0.15) is 13.0 Å². The van der Waals surface area contributed by atoms with Crippen LogP contribution in [0.2, 0.25) is 0 Å². The van der Waals surface area contributed by atoms with E-state index in [0.717, 1.165) is 0 Å². The standard InChI is InChI=1S/C11H15F3N2O4/c12-11(13,14)6-15-8(17)4-9(18)16-3-1-2-7(5-16)10(19)20/h7H,1-6H2,(H,15,17)(H,19,20)/t7-/m0/s1. The second-order valence-corrected chi connectivity index (χ2v) is 4.59. The zero-order chi connectivity index (χ0) is 15.3. The highest BCUT2D eigenvalue weighted by Gasteiger charge is 2.30. The van der Waals surface area contributed by atoms with E-state index in [-0.39, 0.29) is 6.54 Å². The molecule has 0 radical (unpaired) electrons. The summed E-state index contributed by atoms with van der Waals surface area (Å²) in [4.78, 5) is 34.9. The maximum atomic E-state index is 11.9. The molecule has 0 aliphatic carbocycles. The van der Waals surface area contributed by atoms with E-state index in [1.54, 1.807) is 5.32 Å². The number of likely N-dealkylation sites (tertiary alicyclic amines) is 1. The SMILES string of the molecule is O=C(CC(=O)N1CCC[C@H](C(=O)O)C1)NCC(F)(F)F. The Kier molecular flexibility index (Phi) is 5.34. The van der Waals surface area contributed by atoms with E-state index < -0.39 is 42.8 Å². The van der Waals surface area contributed by atoms with E-state index >= 15 is 0 Å². The van der Waals surface area contributed by atoms with E-state index in [4.69, 9.17) is 5.11 Å². The molecule has 1 heterocycles. The van der Waals surface area contributed by atoms with E-state index in [0.29, 0.717) is 19.4 Å². The number of halogens is 3.